The number of imide groups is 1. The molecule has 0 saturated carbocycles. The molecule has 9 nitrogen and oxygen atoms in total. The van der Waals surface area contributed by atoms with Crippen molar-refractivity contribution in [2.75, 3.05) is 10.2 Å². The van der Waals surface area contributed by atoms with E-state index in [1.165, 1.54) is 24.3 Å². The Morgan fingerprint density at radius 3 is 2.07 bits per heavy atom. The van der Waals surface area contributed by atoms with Gasteiger partial charge in [-0.05, 0) is 48.5 Å². The lowest BCUT2D eigenvalue weighted by atomic mass is 10.1. The Morgan fingerprint density at radius 2 is 1.53 bits per heavy atom. The number of halogens is 3. The Bertz CT molecular complexity index is 1030. The maximum atomic E-state index is 13.0. The highest BCUT2D eigenvalue weighted by Crippen LogP contribution is 2.27. The van der Waals surface area contributed by atoms with Crippen molar-refractivity contribution >= 4 is 64.0 Å². The van der Waals surface area contributed by atoms with Crippen LogP contribution < -0.4 is 39.2 Å². The summed E-state index contributed by atoms with van der Waals surface area (Å²) in [6.45, 7) is 0. The lowest BCUT2D eigenvalue weighted by molar-refractivity contribution is -0.464. The first kappa shape index (κ1) is 23.1. The molecule has 3 rings (SSSR count). The Kier molecular flexibility index (Phi) is 7.38. The predicted octanol–water partition coefficient (Wildman–Crippen LogP) is -3.16. The zero-order valence-corrected chi connectivity index (χ0v) is 17.4. The number of carbonyl (C=O) groups is 3. The SMILES string of the molecule is NC(N)=[NH+]/N=C1\C(=O)N(c2ccc(Cl)cc2)C(=O)C1C(=O)Nc1ccc(Cl)cc1.[Cl-]. The lowest BCUT2D eigenvalue weighted by Crippen LogP contribution is -3.00. The number of hydrogen-bond donors (Lipinski definition) is 4. The van der Waals surface area contributed by atoms with Crippen molar-refractivity contribution in [2.45, 2.75) is 0 Å². The summed E-state index contributed by atoms with van der Waals surface area (Å²) in [4.78, 5) is 39.4. The van der Waals surface area contributed by atoms with Crippen LogP contribution in [0.25, 0.3) is 0 Å². The smallest absolute Gasteiger partial charge is 0.362 e. The molecule has 156 valence electrons. The van der Waals surface area contributed by atoms with Crippen LogP contribution in [0.5, 0.6) is 0 Å². The first-order valence-electron chi connectivity index (χ1n) is 8.19. The van der Waals surface area contributed by atoms with Crippen LogP contribution >= 0.6 is 23.2 Å². The van der Waals surface area contributed by atoms with Crippen LogP contribution in [0.3, 0.4) is 0 Å². The molecule has 3 amide bonds. The summed E-state index contributed by atoms with van der Waals surface area (Å²) >= 11 is 11.7. The van der Waals surface area contributed by atoms with E-state index in [0.29, 0.717) is 15.7 Å². The van der Waals surface area contributed by atoms with Gasteiger partial charge in [-0.1, -0.05) is 23.2 Å². The van der Waals surface area contributed by atoms with E-state index in [1.807, 2.05) is 0 Å². The molecule has 2 aromatic rings. The number of nitrogens with zero attached hydrogens (tertiary/aromatic N) is 2. The van der Waals surface area contributed by atoms with Crippen LogP contribution in [-0.2, 0) is 14.4 Å². The van der Waals surface area contributed by atoms with Gasteiger partial charge in [0, 0.05) is 15.7 Å². The van der Waals surface area contributed by atoms with Crippen LogP contribution in [-0.4, -0.2) is 29.4 Å². The van der Waals surface area contributed by atoms with Gasteiger partial charge in [0.1, 0.15) is 0 Å². The molecule has 0 spiro atoms. The van der Waals surface area contributed by atoms with Gasteiger partial charge in [-0.2, -0.15) is 5.10 Å². The summed E-state index contributed by atoms with van der Waals surface area (Å²) in [6.07, 6.45) is 0. The number of hydrogen-bond acceptors (Lipinski definition) is 4. The fourth-order valence-corrected chi connectivity index (χ4v) is 2.89. The summed E-state index contributed by atoms with van der Waals surface area (Å²) in [7, 11) is 0. The highest BCUT2D eigenvalue weighted by Gasteiger charge is 2.50. The molecule has 2 aromatic carbocycles. The molecule has 1 aliphatic rings. The monoisotopic (exact) mass is 468 g/mol. The normalized spacial score (nSPS) is 16.9. The van der Waals surface area contributed by atoms with Crippen LogP contribution in [0, 0.1) is 5.92 Å². The van der Waals surface area contributed by atoms with Crippen molar-refractivity contribution in [2.24, 2.45) is 22.5 Å². The van der Waals surface area contributed by atoms with Crippen molar-refractivity contribution < 1.29 is 31.9 Å². The molecule has 1 atom stereocenters. The maximum absolute atomic E-state index is 13.0. The van der Waals surface area contributed by atoms with Crippen molar-refractivity contribution in [3.05, 3.63) is 58.6 Å². The van der Waals surface area contributed by atoms with Gasteiger partial charge in [0.2, 0.25) is 5.91 Å². The van der Waals surface area contributed by atoms with E-state index >= 15 is 0 Å². The third-order valence-electron chi connectivity index (χ3n) is 3.93. The molecule has 0 radical (unpaired) electrons. The minimum atomic E-state index is -1.51. The van der Waals surface area contributed by atoms with Crippen molar-refractivity contribution in [1.82, 2.24) is 0 Å². The molecule has 0 aliphatic carbocycles. The molecule has 1 heterocycles. The summed E-state index contributed by atoms with van der Waals surface area (Å²) < 4.78 is 0. The topological polar surface area (TPSA) is 145 Å². The van der Waals surface area contributed by atoms with Crippen LogP contribution in [0.4, 0.5) is 11.4 Å². The first-order chi connectivity index (χ1) is 13.8. The number of nitrogens with two attached hydrogens (primary N) is 2. The molecule has 12 heteroatoms. The minimum absolute atomic E-state index is 0. The average molecular weight is 470 g/mol. The molecule has 0 bridgehead atoms. The molecule has 6 N–H and O–H groups in total. The molecular weight excluding hydrogens is 455 g/mol. The number of carbonyl (C=O) groups excluding carboxylic acids is 3. The van der Waals surface area contributed by atoms with E-state index < -0.39 is 23.6 Å². The van der Waals surface area contributed by atoms with E-state index in [9.17, 15) is 14.4 Å². The van der Waals surface area contributed by atoms with Gasteiger partial charge < -0.3 is 17.7 Å². The maximum Gasteiger partial charge on any atom is 0.362 e. The summed E-state index contributed by atoms with van der Waals surface area (Å²) in [5, 5.41) is 9.45. The second kappa shape index (κ2) is 9.57. The van der Waals surface area contributed by atoms with E-state index in [2.05, 4.69) is 15.5 Å². The molecule has 1 aliphatic heterocycles. The van der Waals surface area contributed by atoms with Crippen molar-refractivity contribution in [1.29, 1.82) is 0 Å². The summed E-state index contributed by atoms with van der Waals surface area (Å²) in [5.41, 5.74) is 10.9. The number of rotatable bonds is 4. The Balaban J connectivity index is 0.00000320. The van der Waals surface area contributed by atoms with Crippen molar-refractivity contribution in [3.63, 3.8) is 0 Å². The molecule has 1 saturated heterocycles. The molecule has 1 unspecified atom stereocenters. The van der Waals surface area contributed by atoms with Crippen LogP contribution in [0.15, 0.2) is 53.6 Å². The number of anilines is 2. The second-order valence-corrected chi connectivity index (χ2v) is 6.82. The molecule has 1 fully saturated rings. The van der Waals surface area contributed by atoms with Gasteiger partial charge in [0.05, 0.1) is 5.69 Å². The number of hydrazone groups is 1. The van der Waals surface area contributed by atoms with Crippen LogP contribution in [0.2, 0.25) is 10.0 Å². The fourth-order valence-electron chi connectivity index (χ4n) is 2.64. The van der Waals surface area contributed by atoms with Gasteiger partial charge in [0.25, 0.3) is 11.8 Å². The highest BCUT2D eigenvalue weighted by molar-refractivity contribution is 6.61. The fraction of sp³-hybridized carbons (Fsp3) is 0.0556. The molecule has 0 aromatic heterocycles. The molecular formula is C18H15Cl3N6O3. The van der Waals surface area contributed by atoms with E-state index in [1.54, 1.807) is 24.3 Å². The minimum Gasteiger partial charge on any atom is -1.00 e. The third-order valence-corrected chi connectivity index (χ3v) is 4.43. The Morgan fingerprint density at radius 1 is 1.00 bits per heavy atom. The van der Waals surface area contributed by atoms with E-state index in [-0.39, 0.29) is 29.8 Å². The molecule has 30 heavy (non-hydrogen) atoms. The largest absolute Gasteiger partial charge is 1.00 e. The Hall–Kier alpha value is -3.14. The first-order valence-corrected chi connectivity index (χ1v) is 8.95. The number of nitrogens with one attached hydrogen (secondary N) is 2. The zero-order valence-electron chi connectivity index (χ0n) is 15.1. The zero-order chi connectivity index (χ0) is 21.1. The van der Waals surface area contributed by atoms with Gasteiger partial charge in [0.15, 0.2) is 11.6 Å². The average Bonchev–Trinajstić information content (AvgIpc) is 2.92. The van der Waals surface area contributed by atoms with Crippen LogP contribution in [0.1, 0.15) is 0 Å². The summed E-state index contributed by atoms with van der Waals surface area (Å²) in [5.74, 6) is -4.14. The van der Waals surface area contributed by atoms with Gasteiger partial charge in [-0.15, -0.1) is 5.10 Å². The van der Waals surface area contributed by atoms with E-state index in [4.69, 9.17) is 34.7 Å². The second-order valence-electron chi connectivity index (χ2n) is 5.95. The van der Waals surface area contributed by atoms with Gasteiger partial charge in [-0.3, -0.25) is 25.9 Å². The number of guanidine groups is 1. The lowest BCUT2D eigenvalue weighted by Gasteiger charge is -2.14. The predicted molar refractivity (Wildman–Crippen MR) is 109 cm³/mol. The number of amides is 3. The third kappa shape index (κ3) is 4.88. The van der Waals surface area contributed by atoms with E-state index in [0.717, 1.165) is 4.90 Å². The highest BCUT2D eigenvalue weighted by atomic mass is 35.5. The van der Waals surface area contributed by atoms with Gasteiger partial charge in [-0.25, -0.2) is 4.90 Å². The standard InChI is InChI=1S/C18H14Cl2N6O3.ClH/c19-9-1-5-11(6-2-9)23-15(27)13-14(24-25-18(21)22)17(29)26(16(13)28)12-7-3-10(20)4-8-12;/h1-8,13H,(H,23,27)(H4,21,22,25);1H/b24-14-;. The number of benzene rings is 2. The Labute approximate surface area is 187 Å². The van der Waals surface area contributed by atoms with Gasteiger partial charge >= 0.3 is 5.96 Å². The summed E-state index contributed by atoms with van der Waals surface area (Å²) in [6, 6.07) is 12.2. The quantitative estimate of drug-likeness (QED) is 0.123. The van der Waals surface area contributed by atoms with Crippen molar-refractivity contribution in [3.8, 4) is 0 Å².